The van der Waals surface area contributed by atoms with E-state index in [9.17, 15) is 35.2 Å². The van der Waals surface area contributed by atoms with Crippen LogP contribution < -0.4 is 5.01 Å². The molecular weight excluding hydrogens is 539 g/mol. The second-order valence-corrected chi connectivity index (χ2v) is 10.00. The third-order valence-electron chi connectivity index (χ3n) is 5.75. The number of carbonyl (C=O) groups is 1. The molecule has 3 heterocycles. The number of Topliss-reactive ketones (excluding diaryl/α,β-unsaturated/α-hetero) is 1. The number of aromatic nitrogens is 3. The van der Waals surface area contributed by atoms with Crippen LogP contribution in [0.3, 0.4) is 0 Å². The number of ketones is 1. The van der Waals surface area contributed by atoms with Crippen LogP contribution in [0.4, 0.5) is 27.6 Å². The van der Waals surface area contributed by atoms with Crippen LogP contribution in [0.2, 0.25) is 0 Å². The van der Waals surface area contributed by atoms with Crippen LogP contribution in [-0.2, 0) is 27.6 Å². The van der Waals surface area contributed by atoms with E-state index in [1.165, 1.54) is 16.5 Å². The van der Waals surface area contributed by atoms with Crippen molar-refractivity contribution in [3.8, 4) is 0 Å². The van der Waals surface area contributed by atoms with Crippen molar-refractivity contribution in [3.05, 3.63) is 59.2 Å². The lowest BCUT2D eigenvalue weighted by atomic mass is 10.0. The summed E-state index contributed by atoms with van der Waals surface area (Å²) in [5.41, 5.74) is -4.61. The summed E-state index contributed by atoms with van der Waals surface area (Å²) in [6.45, 7) is 0.729. The van der Waals surface area contributed by atoms with Crippen molar-refractivity contribution in [2.75, 3.05) is 25.2 Å². The molecule has 38 heavy (non-hydrogen) atoms. The van der Waals surface area contributed by atoms with Crippen LogP contribution in [0.5, 0.6) is 0 Å². The number of aryl methyl sites for hydroxylation is 2. The number of benzene rings is 1. The van der Waals surface area contributed by atoms with Gasteiger partial charge in [0.05, 0.1) is 44.0 Å². The maximum Gasteiger partial charge on any atom is 0.516 e. The van der Waals surface area contributed by atoms with Crippen molar-refractivity contribution in [1.82, 2.24) is 18.7 Å². The summed E-state index contributed by atoms with van der Waals surface area (Å²) in [6.07, 6.45) is 2.60. The fourth-order valence-electron chi connectivity index (χ4n) is 3.94. The van der Waals surface area contributed by atoms with Crippen LogP contribution in [0, 0.1) is 11.6 Å². The Morgan fingerprint density at radius 3 is 2.55 bits per heavy atom. The van der Waals surface area contributed by atoms with E-state index in [-0.39, 0.29) is 46.6 Å². The minimum atomic E-state index is -5.74. The van der Waals surface area contributed by atoms with Crippen molar-refractivity contribution in [2.24, 2.45) is 5.10 Å². The molecule has 0 atom stereocenters. The van der Waals surface area contributed by atoms with Gasteiger partial charge in [0.25, 0.3) is 0 Å². The predicted octanol–water partition coefficient (Wildman–Crippen LogP) is 3.27. The van der Waals surface area contributed by atoms with E-state index in [2.05, 4.69) is 15.1 Å². The summed E-state index contributed by atoms with van der Waals surface area (Å²) in [5, 5.41) is 4.70. The first-order valence-electron chi connectivity index (χ1n) is 11.2. The molecule has 0 radical (unpaired) electrons. The maximum atomic E-state index is 14.9. The van der Waals surface area contributed by atoms with E-state index < -0.39 is 39.7 Å². The first kappa shape index (κ1) is 27.2. The summed E-state index contributed by atoms with van der Waals surface area (Å²) in [6, 6.07) is 3.08. The second kappa shape index (κ2) is 10.2. The molecule has 0 fully saturated rings. The van der Waals surface area contributed by atoms with E-state index in [0.717, 1.165) is 30.6 Å². The topological polar surface area (TPSA) is 109 Å². The van der Waals surface area contributed by atoms with Crippen LogP contribution >= 0.6 is 0 Å². The maximum absolute atomic E-state index is 14.9. The third kappa shape index (κ3) is 4.99. The number of hydrogen-bond acceptors (Lipinski definition) is 8. The van der Waals surface area contributed by atoms with Gasteiger partial charge in [0.2, 0.25) is 5.78 Å². The molecule has 0 saturated carbocycles. The van der Waals surface area contributed by atoms with E-state index >= 15 is 0 Å². The van der Waals surface area contributed by atoms with E-state index in [1.54, 1.807) is 6.92 Å². The number of fused-ring (bicyclic) bond motifs is 1. The Bertz CT molecular complexity index is 1520. The normalized spacial score (nSPS) is 14.7. The van der Waals surface area contributed by atoms with Gasteiger partial charge in [0.15, 0.2) is 11.6 Å². The molecule has 1 aliphatic rings. The van der Waals surface area contributed by atoms with E-state index in [0.29, 0.717) is 17.7 Å². The van der Waals surface area contributed by atoms with Gasteiger partial charge >= 0.3 is 21.6 Å². The number of halogens is 5. The number of anilines is 1. The van der Waals surface area contributed by atoms with Gasteiger partial charge in [0, 0.05) is 6.42 Å². The molecule has 0 aliphatic carbocycles. The minimum Gasteiger partial charge on any atom is -0.467 e. The molecular formula is C22H21F5N6O4S. The predicted molar refractivity (Wildman–Crippen MR) is 125 cm³/mol. The zero-order valence-electron chi connectivity index (χ0n) is 20.0. The number of ether oxygens (including phenoxy) is 1. The number of hydrazone groups is 1. The van der Waals surface area contributed by atoms with Crippen molar-refractivity contribution < 1.29 is 39.9 Å². The lowest BCUT2D eigenvalue weighted by Gasteiger charge is -2.32. The summed E-state index contributed by atoms with van der Waals surface area (Å²) in [4.78, 5) is 21.1. The summed E-state index contributed by atoms with van der Waals surface area (Å²) < 4.78 is 97.0. The quantitative estimate of drug-likeness (QED) is 0.322. The number of hydrogen-bond donors (Lipinski definition) is 0. The van der Waals surface area contributed by atoms with Crippen LogP contribution in [0.25, 0.3) is 5.78 Å². The van der Waals surface area contributed by atoms with Gasteiger partial charge in [-0.15, -0.1) is 5.10 Å². The first-order valence-corrected chi connectivity index (χ1v) is 12.6. The van der Waals surface area contributed by atoms with Gasteiger partial charge in [-0.05, 0) is 30.5 Å². The SMILES string of the molecule is CCc1nc2ncc(F)cn2c1C(=O)CCc1ccc(N2CCN(S(=O)(=O)C(F)(F)F)C(OC)=N2)c(F)c1. The van der Waals surface area contributed by atoms with Gasteiger partial charge < -0.3 is 4.74 Å². The van der Waals surface area contributed by atoms with Crippen LogP contribution in [-0.4, -0.2) is 64.6 Å². The number of methoxy groups -OCH3 is 1. The number of rotatable bonds is 7. The lowest BCUT2D eigenvalue weighted by Crippen LogP contribution is -2.51. The Hall–Kier alpha value is -3.82. The van der Waals surface area contributed by atoms with Gasteiger partial charge in [-0.1, -0.05) is 13.0 Å². The molecule has 10 nitrogen and oxygen atoms in total. The van der Waals surface area contributed by atoms with Gasteiger partial charge in [-0.2, -0.15) is 21.6 Å². The molecule has 1 aliphatic heterocycles. The Kier molecular flexibility index (Phi) is 7.27. The van der Waals surface area contributed by atoms with Crippen LogP contribution in [0.1, 0.15) is 35.1 Å². The Balaban J connectivity index is 1.51. The minimum absolute atomic E-state index is 0.0342. The monoisotopic (exact) mass is 560 g/mol. The molecule has 0 unspecified atom stereocenters. The fourth-order valence-corrected chi connectivity index (χ4v) is 4.83. The number of alkyl halides is 3. The van der Waals surface area contributed by atoms with Crippen LogP contribution in [0.15, 0.2) is 35.7 Å². The molecule has 0 saturated heterocycles. The highest BCUT2D eigenvalue weighted by atomic mass is 32.2. The number of amidine groups is 1. The standard InChI is InChI=1S/C22H21F5N6O4S/c1-3-16-19(31-12-14(23)11-28-20(31)29-16)18(34)7-5-13-4-6-17(15(24)10-13)32-8-9-33(21(30-32)37-2)38(35,36)22(25,26)27/h4,6,10-12H,3,5,7-9H2,1-2H3. The van der Waals surface area contributed by atoms with E-state index in [1.807, 2.05) is 0 Å². The molecule has 1 aromatic carbocycles. The molecule has 0 amide bonds. The number of sulfonamides is 1. The number of carbonyl (C=O) groups excluding carboxylic acids is 1. The van der Waals surface area contributed by atoms with Crippen molar-refractivity contribution in [2.45, 2.75) is 31.7 Å². The van der Waals surface area contributed by atoms with Crippen molar-refractivity contribution >= 4 is 33.3 Å². The van der Waals surface area contributed by atoms with Gasteiger partial charge in [0.1, 0.15) is 11.5 Å². The highest BCUT2D eigenvalue weighted by Crippen LogP contribution is 2.30. The first-order chi connectivity index (χ1) is 17.9. The molecule has 4 rings (SSSR count). The zero-order valence-corrected chi connectivity index (χ0v) is 20.9. The Labute approximate surface area is 213 Å². The number of imidazole rings is 1. The third-order valence-corrected chi connectivity index (χ3v) is 7.25. The lowest BCUT2D eigenvalue weighted by molar-refractivity contribution is -0.0477. The second-order valence-electron chi connectivity index (χ2n) is 8.14. The zero-order chi connectivity index (χ0) is 27.8. The summed E-state index contributed by atoms with van der Waals surface area (Å²) in [7, 11) is -4.80. The molecule has 0 bridgehead atoms. The smallest absolute Gasteiger partial charge is 0.467 e. The van der Waals surface area contributed by atoms with Crippen molar-refractivity contribution in [1.29, 1.82) is 0 Å². The summed E-state index contributed by atoms with van der Waals surface area (Å²) >= 11 is 0. The Morgan fingerprint density at radius 1 is 1.18 bits per heavy atom. The molecule has 204 valence electrons. The number of nitrogens with zero attached hydrogens (tertiary/aromatic N) is 6. The molecule has 2 aromatic heterocycles. The van der Waals surface area contributed by atoms with Crippen molar-refractivity contribution in [3.63, 3.8) is 0 Å². The fraction of sp³-hybridized carbons (Fsp3) is 0.364. The van der Waals surface area contributed by atoms with E-state index in [4.69, 9.17) is 4.74 Å². The van der Waals surface area contributed by atoms with Gasteiger partial charge in [-0.25, -0.2) is 23.1 Å². The largest absolute Gasteiger partial charge is 0.516 e. The molecule has 0 spiro atoms. The summed E-state index contributed by atoms with van der Waals surface area (Å²) in [5.74, 6) is -1.60. The molecule has 16 heteroatoms. The molecule has 0 N–H and O–H groups in total. The Morgan fingerprint density at radius 2 is 1.92 bits per heavy atom. The highest BCUT2D eigenvalue weighted by molar-refractivity contribution is 7.90. The molecule has 3 aromatic rings. The highest BCUT2D eigenvalue weighted by Gasteiger charge is 2.52. The van der Waals surface area contributed by atoms with Gasteiger partial charge in [-0.3, -0.25) is 14.2 Å². The average molecular weight is 561 g/mol. The average Bonchev–Trinajstić information content (AvgIpc) is 3.24.